The van der Waals surface area contributed by atoms with Crippen LogP contribution in [0.5, 0.6) is 0 Å². The van der Waals surface area contributed by atoms with Crippen molar-refractivity contribution in [2.75, 3.05) is 17.7 Å². The van der Waals surface area contributed by atoms with Crippen LogP contribution in [0.2, 0.25) is 0 Å². The summed E-state index contributed by atoms with van der Waals surface area (Å²) in [6, 6.07) is 14.4. The Morgan fingerprint density at radius 2 is 1.88 bits per heavy atom. The molecule has 0 spiro atoms. The van der Waals surface area contributed by atoms with Gasteiger partial charge in [0.05, 0.1) is 30.8 Å². The first-order valence-corrected chi connectivity index (χ1v) is 14.1. The maximum absolute atomic E-state index is 13.6. The number of benzene rings is 2. The van der Waals surface area contributed by atoms with Crippen molar-refractivity contribution < 1.29 is 13.2 Å². The first kappa shape index (κ1) is 21.2. The van der Waals surface area contributed by atoms with Crippen LogP contribution in [-0.4, -0.2) is 37.1 Å². The molecule has 5 rings (SSSR count). The molecule has 5 aromatic rings. The number of hydrogen-bond donors (Lipinski definition) is 0. The Balaban J connectivity index is 1.54. The number of carbonyl (C=O) groups is 1. The summed E-state index contributed by atoms with van der Waals surface area (Å²) in [7, 11) is -3.32. The molecule has 0 N–H and O–H groups in total. The Hall–Kier alpha value is -2.66. The average molecular weight is 500 g/mol. The van der Waals surface area contributed by atoms with Crippen LogP contribution in [0, 0.1) is 0 Å². The highest BCUT2D eigenvalue weighted by Gasteiger charge is 2.22. The van der Waals surface area contributed by atoms with Gasteiger partial charge < -0.3 is 0 Å². The van der Waals surface area contributed by atoms with E-state index < -0.39 is 9.84 Å². The second-order valence-electron chi connectivity index (χ2n) is 7.22. The number of carbonyl (C=O) groups excluding carboxylic acids is 1. The van der Waals surface area contributed by atoms with E-state index >= 15 is 0 Å². The van der Waals surface area contributed by atoms with Crippen LogP contribution in [0.15, 0.2) is 64.3 Å². The van der Waals surface area contributed by atoms with Crippen molar-refractivity contribution in [3.05, 3.63) is 69.9 Å². The molecule has 0 aliphatic carbocycles. The number of aromatic nitrogens is 2. The van der Waals surface area contributed by atoms with Crippen molar-refractivity contribution in [3.8, 4) is 0 Å². The summed E-state index contributed by atoms with van der Waals surface area (Å²) in [4.78, 5) is 25.6. The van der Waals surface area contributed by atoms with Crippen molar-refractivity contribution in [1.29, 1.82) is 0 Å². The minimum atomic E-state index is -3.32. The third-order valence-corrected chi connectivity index (χ3v) is 8.87. The van der Waals surface area contributed by atoms with E-state index in [2.05, 4.69) is 9.97 Å². The zero-order valence-electron chi connectivity index (χ0n) is 16.9. The fourth-order valence-electron chi connectivity index (χ4n) is 3.34. The van der Waals surface area contributed by atoms with Gasteiger partial charge in [0.2, 0.25) is 0 Å². The molecule has 0 saturated carbocycles. The Bertz CT molecular complexity index is 1540. The Kier molecular flexibility index (Phi) is 5.54. The summed E-state index contributed by atoms with van der Waals surface area (Å²) in [5, 5.41) is 2.57. The van der Waals surface area contributed by atoms with Crippen molar-refractivity contribution in [1.82, 2.24) is 9.97 Å². The number of thiazole rings is 2. The number of sulfone groups is 1. The minimum Gasteiger partial charge on any atom is -0.284 e. The molecule has 32 heavy (non-hydrogen) atoms. The largest absolute Gasteiger partial charge is 0.284 e. The molecule has 3 heterocycles. The van der Waals surface area contributed by atoms with Gasteiger partial charge in [0, 0.05) is 23.2 Å². The predicted octanol–water partition coefficient (Wildman–Crippen LogP) is 5.26. The molecule has 0 bridgehead atoms. The van der Waals surface area contributed by atoms with Gasteiger partial charge in [-0.3, -0.25) is 9.69 Å². The molecule has 0 radical (unpaired) electrons. The van der Waals surface area contributed by atoms with E-state index in [0.717, 1.165) is 14.9 Å². The second-order valence-corrected chi connectivity index (χ2v) is 12.2. The SMILES string of the molecule is CS(=O)(=O)c1ccc2nc(N(CCc3cccs3)C(=O)c3ccc4ncsc4c3)sc2c1. The van der Waals surface area contributed by atoms with Gasteiger partial charge >= 0.3 is 0 Å². The molecule has 0 fully saturated rings. The molecule has 1 amide bonds. The molecule has 0 atom stereocenters. The quantitative estimate of drug-likeness (QED) is 0.318. The summed E-state index contributed by atoms with van der Waals surface area (Å²) in [6.07, 6.45) is 1.89. The maximum Gasteiger partial charge on any atom is 0.260 e. The number of amides is 1. The Morgan fingerprint density at radius 3 is 2.66 bits per heavy atom. The van der Waals surface area contributed by atoms with Crippen LogP contribution in [-0.2, 0) is 16.3 Å². The lowest BCUT2D eigenvalue weighted by Gasteiger charge is -2.19. The standard InChI is InChI=1S/C22H17N3O3S4/c1-32(27,28)16-5-7-18-20(12-16)31-22(24-18)25(9-8-15-3-2-10-29-15)21(26)14-4-6-17-19(11-14)30-13-23-17/h2-7,10-13H,8-9H2,1H3. The van der Waals surface area contributed by atoms with E-state index in [9.17, 15) is 13.2 Å². The highest BCUT2D eigenvalue weighted by atomic mass is 32.2. The number of nitrogens with zero attached hydrogens (tertiary/aromatic N) is 3. The summed E-state index contributed by atoms with van der Waals surface area (Å²) in [5.41, 5.74) is 3.87. The molecule has 6 nitrogen and oxygen atoms in total. The van der Waals surface area contributed by atoms with E-state index in [1.165, 1.54) is 33.8 Å². The third-order valence-electron chi connectivity index (χ3n) is 4.99. The van der Waals surface area contributed by atoms with Crippen molar-refractivity contribution in [2.45, 2.75) is 11.3 Å². The zero-order chi connectivity index (χ0) is 22.3. The average Bonchev–Trinajstić information content (AvgIpc) is 3.52. The van der Waals surface area contributed by atoms with E-state index in [-0.39, 0.29) is 10.8 Å². The van der Waals surface area contributed by atoms with Crippen LogP contribution in [0.25, 0.3) is 20.4 Å². The number of rotatable bonds is 6. The molecule has 0 aliphatic rings. The summed E-state index contributed by atoms with van der Waals surface area (Å²) >= 11 is 4.47. The van der Waals surface area contributed by atoms with E-state index in [1.807, 2.05) is 29.6 Å². The summed E-state index contributed by atoms with van der Waals surface area (Å²) in [6.45, 7) is 0.471. The van der Waals surface area contributed by atoms with Gasteiger partial charge in [-0.2, -0.15) is 0 Å². The number of hydrogen-bond acceptors (Lipinski definition) is 8. The topological polar surface area (TPSA) is 80.2 Å². The second kappa shape index (κ2) is 8.36. The van der Waals surface area contributed by atoms with E-state index in [0.29, 0.717) is 29.2 Å². The van der Waals surface area contributed by atoms with Gasteiger partial charge in [0.15, 0.2) is 15.0 Å². The Morgan fingerprint density at radius 1 is 1.03 bits per heavy atom. The van der Waals surface area contributed by atoms with E-state index in [4.69, 9.17) is 0 Å². The highest BCUT2D eigenvalue weighted by Crippen LogP contribution is 2.32. The molecule has 0 aliphatic heterocycles. The molecular weight excluding hydrogens is 483 g/mol. The molecule has 0 saturated heterocycles. The molecule has 2 aromatic carbocycles. The fraction of sp³-hybridized carbons (Fsp3) is 0.136. The molecule has 162 valence electrons. The molecule has 3 aromatic heterocycles. The van der Waals surface area contributed by atoms with Crippen LogP contribution in [0.4, 0.5) is 5.13 Å². The van der Waals surface area contributed by atoms with Gasteiger partial charge in [0.25, 0.3) is 5.91 Å². The van der Waals surface area contributed by atoms with Gasteiger partial charge in [-0.15, -0.1) is 22.7 Å². The number of thiophene rings is 1. The first-order valence-electron chi connectivity index (χ1n) is 9.67. The first-order chi connectivity index (χ1) is 15.4. The van der Waals surface area contributed by atoms with Gasteiger partial charge in [-0.1, -0.05) is 17.4 Å². The lowest BCUT2D eigenvalue weighted by Crippen LogP contribution is -2.32. The molecule has 10 heteroatoms. The van der Waals surface area contributed by atoms with Gasteiger partial charge in [0.1, 0.15) is 0 Å². The van der Waals surface area contributed by atoms with Gasteiger partial charge in [-0.25, -0.2) is 18.4 Å². The van der Waals surface area contributed by atoms with Crippen LogP contribution in [0.3, 0.4) is 0 Å². The molecule has 0 unspecified atom stereocenters. The van der Waals surface area contributed by atoms with Crippen molar-refractivity contribution in [3.63, 3.8) is 0 Å². The monoisotopic (exact) mass is 499 g/mol. The van der Waals surface area contributed by atoms with Crippen molar-refractivity contribution in [2.24, 2.45) is 0 Å². The van der Waals surface area contributed by atoms with Gasteiger partial charge in [-0.05, 0) is 54.3 Å². The number of fused-ring (bicyclic) bond motifs is 2. The smallest absolute Gasteiger partial charge is 0.260 e. The molecular formula is C22H17N3O3S4. The lowest BCUT2D eigenvalue weighted by atomic mass is 10.2. The highest BCUT2D eigenvalue weighted by molar-refractivity contribution is 7.90. The maximum atomic E-state index is 13.6. The van der Waals surface area contributed by atoms with Crippen LogP contribution >= 0.6 is 34.0 Å². The Labute approximate surface area is 196 Å². The number of anilines is 1. The van der Waals surface area contributed by atoms with Crippen LogP contribution in [0.1, 0.15) is 15.2 Å². The predicted molar refractivity (Wildman–Crippen MR) is 132 cm³/mol. The normalized spacial score (nSPS) is 11.9. The lowest BCUT2D eigenvalue weighted by molar-refractivity contribution is 0.0987. The fourth-order valence-corrected chi connectivity index (χ4v) is 6.51. The van der Waals surface area contributed by atoms with E-state index in [1.54, 1.807) is 46.0 Å². The van der Waals surface area contributed by atoms with Crippen LogP contribution < -0.4 is 4.90 Å². The minimum absolute atomic E-state index is 0.140. The van der Waals surface area contributed by atoms with Crippen molar-refractivity contribution >= 4 is 75.3 Å². The summed E-state index contributed by atoms with van der Waals surface area (Å²) in [5.74, 6) is -0.140. The zero-order valence-corrected chi connectivity index (χ0v) is 20.2. The third kappa shape index (κ3) is 4.18. The summed E-state index contributed by atoms with van der Waals surface area (Å²) < 4.78 is 25.6.